The number of rotatable bonds is 9. The molecule has 1 aliphatic heterocycles. The van der Waals surface area contributed by atoms with E-state index in [2.05, 4.69) is 5.32 Å². The number of hydrogen-bond donors (Lipinski definition) is 1. The van der Waals surface area contributed by atoms with Crippen molar-refractivity contribution in [2.24, 2.45) is 0 Å². The van der Waals surface area contributed by atoms with Crippen LogP contribution in [0.25, 0.3) is 0 Å². The molecule has 0 atom stereocenters. The zero-order valence-electron chi connectivity index (χ0n) is 17.6. The number of hydrogen-bond acceptors (Lipinski definition) is 9. The minimum absolute atomic E-state index is 0.0215. The molecule has 2 aromatic rings. The number of esters is 1. The summed E-state index contributed by atoms with van der Waals surface area (Å²) in [5, 5.41) is 13.4. The van der Waals surface area contributed by atoms with Crippen LogP contribution in [-0.4, -0.2) is 69.0 Å². The second kappa shape index (κ2) is 11.2. The lowest BCUT2D eigenvalue weighted by molar-refractivity contribution is -0.385. The Labute approximate surface area is 199 Å². The molecule has 182 valence electrons. The molecule has 0 spiro atoms. The van der Waals surface area contributed by atoms with Gasteiger partial charge >= 0.3 is 11.7 Å². The molecule has 0 radical (unpaired) electrons. The molecule has 0 saturated carbocycles. The Balaban J connectivity index is 1.56. The van der Waals surface area contributed by atoms with E-state index in [0.717, 1.165) is 0 Å². The van der Waals surface area contributed by atoms with Gasteiger partial charge in [-0.15, -0.1) is 0 Å². The van der Waals surface area contributed by atoms with Gasteiger partial charge in [0.1, 0.15) is 0 Å². The molecular weight excluding hydrogens is 494 g/mol. The van der Waals surface area contributed by atoms with Crippen molar-refractivity contribution in [2.75, 3.05) is 44.8 Å². The Hall–Kier alpha value is -3.26. The minimum atomic E-state index is -3.81. The maximum absolute atomic E-state index is 12.8. The Morgan fingerprint density at radius 1 is 1.15 bits per heavy atom. The number of carbonyl (C=O) groups excluding carboxylic acids is 2. The Morgan fingerprint density at radius 2 is 1.85 bits per heavy atom. The van der Waals surface area contributed by atoms with Crippen molar-refractivity contribution >= 4 is 44.9 Å². The van der Waals surface area contributed by atoms with Crippen molar-refractivity contribution in [3.8, 4) is 5.75 Å². The van der Waals surface area contributed by atoms with E-state index in [1.165, 1.54) is 46.8 Å². The first-order valence-electron chi connectivity index (χ1n) is 9.87. The average Bonchev–Trinajstić information content (AvgIpc) is 2.83. The molecule has 34 heavy (non-hydrogen) atoms. The Kier molecular flexibility index (Phi) is 8.39. The van der Waals surface area contributed by atoms with Crippen LogP contribution in [0.5, 0.6) is 5.75 Å². The summed E-state index contributed by atoms with van der Waals surface area (Å²) in [6, 6.07) is 9.34. The number of amides is 1. The highest BCUT2D eigenvalue weighted by atomic mass is 35.5. The van der Waals surface area contributed by atoms with Gasteiger partial charge in [-0.25, -0.2) is 13.2 Å². The number of nitrogens with zero attached hydrogens (tertiary/aromatic N) is 2. The van der Waals surface area contributed by atoms with Gasteiger partial charge in [-0.05, 0) is 24.3 Å². The molecule has 14 heteroatoms. The molecule has 1 N–H and O–H groups in total. The number of ether oxygens (including phenoxy) is 3. The molecule has 1 aliphatic rings. The first-order valence-corrected chi connectivity index (χ1v) is 11.7. The van der Waals surface area contributed by atoms with Gasteiger partial charge in [-0.1, -0.05) is 23.7 Å². The SMILES string of the molecule is O=C(COC(=O)COc1ccccc1[N+](=O)[O-])Nc1cc(S(=O)(=O)N2CCOCC2)ccc1Cl. The van der Waals surface area contributed by atoms with E-state index in [-0.39, 0.29) is 53.3 Å². The number of halogens is 1. The summed E-state index contributed by atoms with van der Waals surface area (Å²) in [7, 11) is -3.81. The van der Waals surface area contributed by atoms with Gasteiger partial charge in [0, 0.05) is 19.2 Å². The van der Waals surface area contributed by atoms with E-state index in [0.29, 0.717) is 0 Å². The molecule has 1 amide bonds. The lowest BCUT2D eigenvalue weighted by Crippen LogP contribution is -2.40. The third kappa shape index (κ3) is 6.41. The molecule has 0 bridgehead atoms. The largest absolute Gasteiger partial charge is 0.475 e. The van der Waals surface area contributed by atoms with Crippen LogP contribution in [0.15, 0.2) is 47.4 Å². The molecule has 0 aromatic heterocycles. The summed E-state index contributed by atoms with van der Waals surface area (Å²) in [6.07, 6.45) is 0. The van der Waals surface area contributed by atoms with E-state index in [9.17, 15) is 28.1 Å². The third-order valence-corrected chi connectivity index (χ3v) is 6.82. The zero-order chi connectivity index (χ0) is 24.7. The van der Waals surface area contributed by atoms with Gasteiger partial charge < -0.3 is 19.5 Å². The molecule has 0 aliphatic carbocycles. The average molecular weight is 514 g/mol. The monoisotopic (exact) mass is 513 g/mol. The molecule has 12 nitrogen and oxygen atoms in total. The molecular formula is C20H20ClN3O9S. The number of anilines is 1. The predicted molar refractivity (Wildman–Crippen MR) is 119 cm³/mol. The standard InChI is InChI=1S/C20H20ClN3O9S/c21-15-6-5-14(34(29,30)23-7-9-31-10-8-23)11-16(15)22-19(25)12-33-20(26)13-32-18-4-2-1-3-17(18)24(27)28/h1-6,11H,7-10,12-13H2,(H,22,25). The summed E-state index contributed by atoms with van der Waals surface area (Å²) in [6.45, 7) is -0.401. The van der Waals surface area contributed by atoms with Crippen LogP contribution in [0.1, 0.15) is 0 Å². The van der Waals surface area contributed by atoms with Crippen molar-refractivity contribution in [1.82, 2.24) is 4.31 Å². The fraction of sp³-hybridized carbons (Fsp3) is 0.300. The minimum Gasteiger partial charge on any atom is -0.475 e. The number of nitrogens with one attached hydrogen (secondary N) is 1. The van der Waals surface area contributed by atoms with Gasteiger partial charge in [0.15, 0.2) is 19.0 Å². The van der Waals surface area contributed by atoms with Crippen molar-refractivity contribution in [3.05, 3.63) is 57.6 Å². The summed E-state index contributed by atoms with van der Waals surface area (Å²) in [5.74, 6) is -1.84. The topological polar surface area (TPSA) is 154 Å². The second-order valence-corrected chi connectivity index (χ2v) is 9.23. The highest BCUT2D eigenvalue weighted by molar-refractivity contribution is 7.89. The Bertz CT molecular complexity index is 1180. The van der Waals surface area contributed by atoms with Gasteiger partial charge in [0.05, 0.1) is 33.7 Å². The number of carbonyl (C=O) groups is 2. The number of nitro benzene ring substituents is 1. The van der Waals surface area contributed by atoms with E-state index in [4.69, 9.17) is 25.8 Å². The van der Waals surface area contributed by atoms with Gasteiger partial charge in [-0.3, -0.25) is 14.9 Å². The molecule has 1 fully saturated rings. The lowest BCUT2D eigenvalue weighted by atomic mass is 10.3. The highest BCUT2D eigenvalue weighted by Crippen LogP contribution is 2.28. The van der Waals surface area contributed by atoms with Crippen LogP contribution in [0.3, 0.4) is 0 Å². The van der Waals surface area contributed by atoms with Gasteiger partial charge in [-0.2, -0.15) is 4.31 Å². The van der Waals surface area contributed by atoms with Crippen LogP contribution >= 0.6 is 11.6 Å². The summed E-state index contributed by atoms with van der Waals surface area (Å²) in [4.78, 5) is 34.3. The summed E-state index contributed by atoms with van der Waals surface area (Å²) in [5.41, 5.74) is -0.303. The van der Waals surface area contributed by atoms with E-state index in [1.54, 1.807) is 0 Å². The van der Waals surface area contributed by atoms with Crippen molar-refractivity contribution < 1.29 is 37.1 Å². The van der Waals surface area contributed by atoms with Crippen LogP contribution in [0, 0.1) is 10.1 Å². The highest BCUT2D eigenvalue weighted by Gasteiger charge is 2.27. The van der Waals surface area contributed by atoms with E-state index in [1.807, 2.05) is 0 Å². The molecule has 1 saturated heterocycles. The predicted octanol–water partition coefficient (Wildman–Crippen LogP) is 1.83. The molecule has 1 heterocycles. The van der Waals surface area contributed by atoms with Crippen LogP contribution in [0.2, 0.25) is 5.02 Å². The first-order chi connectivity index (χ1) is 16.2. The number of benzene rings is 2. The van der Waals surface area contributed by atoms with Crippen LogP contribution in [-0.2, 0) is 29.1 Å². The summed E-state index contributed by atoms with van der Waals surface area (Å²) >= 11 is 6.07. The normalized spacial score (nSPS) is 14.3. The number of nitro groups is 1. The fourth-order valence-electron chi connectivity index (χ4n) is 2.94. The number of sulfonamides is 1. The lowest BCUT2D eigenvalue weighted by Gasteiger charge is -2.26. The first kappa shape index (κ1) is 25.4. The maximum atomic E-state index is 12.8. The smallest absolute Gasteiger partial charge is 0.344 e. The van der Waals surface area contributed by atoms with Gasteiger partial charge in [0.2, 0.25) is 10.0 Å². The summed E-state index contributed by atoms with van der Waals surface area (Å²) < 4.78 is 41.9. The third-order valence-electron chi connectivity index (χ3n) is 4.59. The fourth-order valence-corrected chi connectivity index (χ4v) is 4.54. The van der Waals surface area contributed by atoms with Crippen molar-refractivity contribution in [3.63, 3.8) is 0 Å². The van der Waals surface area contributed by atoms with Crippen molar-refractivity contribution in [2.45, 2.75) is 4.90 Å². The molecule has 3 rings (SSSR count). The van der Waals surface area contributed by atoms with Gasteiger partial charge in [0.25, 0.3) is 5.91 Å². The number of para-hydroxylation sites is 2. The molecule has 0 unspecified atom stereocenters. The zero-order valence-corrected chi connectivity index (χ0v) is 19.2. The van der Waals surface area contributed by atoms with Crippen LogP contribution in [0.4, 0.5) is 11.4 Å². The van der Waals surface area contributed by atoms with E-state index >= 15 is 0 Å². The second-order valence-electron chi connectivity index (χ2n) is 6.88. The van der Waals surface area contributed by atoms with Crippen molar-refractivity contribution in [1.29, 1.82) is 0 Å². The van der Waals surface area contributed by atoms with Crippen LogP contribution < -0.4 is 10.1 Å². The Morgan fingerprint density at radius 3 is 2.56 bits per heavy atom. The quantitative estimate of drug-likeness (QED) is 0.300. The molecule has 2 aromatic carbocycles. The maximum Gasteiger partial charge on any atom is 0.344 e. The number of morpholine rings is 1. The van der Waals surface area contributed by atoms with E-state index < -0.39 is 40.0 Å².